The number of nitrogens with one attached hydrogen (secondary N) is 2. The van der Waals surface area contributed by atoms with Gasteiger partial charge in [0.25, 0.3) is 0 Å². The van der Waals surface area contributed by atoms with Crippen LogP contribution in [-0.4, -0.2) is 22.4 Å². The van der Waals surface area contributed by atoms with E-state index in [0.717, 1.165) is 22.6 Å². The van der Waals surface area contributed by atoms with Crippen molar-refractivity contribution in [2.75, 3.05) is 6.54 Å². The molecule has 0 aliphatic heterocycles. The fourth-order valence-corrected chi connectivity index (χ4v) is 2.49. The number of benzene rings is 2. The normalized spacial score (nSPS) is 11.0. The number of aromatic amines is 1. The van der Waals surface area contributed by atoms with Crippen LogP contribution in [0, 0.1) is 5.82 Å². The van der Waals surface area contributed by atoms with Gasteiger partial charge in [-0.15, -0.1) is 0 Å². The molecule has 3 rings (SSSR count). The van der Waals surface area contributed by atoms with E-state index in [0.29, 0.717) is 18.0 Å². The first-order valence-corrected chi connectivity index (χ1v) is 8.49. The van der Waals surface area contributed by atoms with Gasteiger partial charge in [-0.1, -0.05) is 23.7 Å². The van der Waals surface area contributed by atoms with E-state index < -0.39 is 0 Å². The van der Waals surface area contributed by atoms with Crippen molar-refractivity contribution in [2.45, 2.75) is 6.42 Å². The third kappa shape index (κ3) is 5.04. The van der Waals surface area contributed by atoms with E-state index in [-0.39, 0.29) is 11.7 Å². The Balaban J connectivity index is 1.48. The molecule has 0 aliphatic rings. The van der Waals surface area contributed by atoms with Crippen LogP contribution in [0.25, 0.3) is 17.5 Å². The van der Waals surface area contributed by atoms with Crippen molar-refractivity contribution in [1.29, 1.82) is 0 Å². The Morgan fingerprint density at radius 3 is 2.62 bits per heavy atom. The van der Waals surface area contributed by atoms with Crippen LogP contribution in [0.2, 0.25) is 5.02 Å². The summed E-state index contributed by atoms with van der Waals surface area (Å²) in [5, 5.41) is 3.48. The number of hydrogen-bond acceptors (Lipinski definition) is 2. The van der Waals surface area contributed by atoms with E-state index >= 15 is 0 Å². The van der Waals surface area contributed by atoms with Crippen molar-refractivity contribution in [3.63, 3.8) is 0 Å². The van der Waals surface area contributed by atoms with Gasteiger partial charge in [0.2, 0.25) is 5.91 Å². The SMILES string of the molecule is O=C(/C=C/c1ccc(F)cc1)NCCc1cnc(-c2ccc(Cl)cc2)[nH]1. The number of nitrogens with zero attached hydrogens (tertiary/aromatic N) is 1. The molecule has 0 radical (unpaired) electrons. The molecule has 0 unspecified atom stereocenters. The third-order valence-corrected chi connectivity index (χ3v) is 3.99. The van der Waals surface area contributed by atoms with Gasteiger partial charge in [-0.05, 0) is 48.0 Å². The minimum Gasteiger partial charge on any atom is -0.352 e. The molecule has 0 fully saturated rings. The number of imidazole rings is 1. The maximum Gasteiger partial charge on any atom is 0.244 e. The van der Waals surface area contributed by atoms with E-state index in [1.54, 1.807) is 24.4 Å². The number of hydrogen-bond donors (Lipinski definition) is 2. The van der Waals surface area contributed by atoms with Crippen LogP contribution in [0.15, 0.2) is 60.8 Å². The summed E-state index contributed by atoms with van der Waals surface area (Å²) in [6, 6.07) is 13.4. The monoisotopic (exact) mass is 369 g/mol. The second-order valence-corrected chi connectivity index (χ2v) is 6.13. The Morgan fingerprint density at radius 2 is 1.88 bits per heavy atom. The molecule has 1 amide bonds. The summed E-state index contributed by atoms with van der Waals surface area (Å²) in [7, 11) is 0. The topological polar surface area (TPSA) is 57.8 Å². The van der Waals surface area contributed by atoms with Crippen molar-refractivity contribution in [3.05, 3.63) is 82.9 Å². The molecule has 132 valence electrons. The quantitative estimate of drug-likeness (QED) is 0.638. The predicted octanol–water partition coefficient (Wildman–Crippen LogP) is 4.24. The van der Waals surface area contributed by atoms with E-state index in [9.17, 15) is 9.18 Å². The summed E-state index contributed by atoms with van der Waals surface area (Å²) < 4.78 is 12.8. The molecule has 2 N–H and O–H groups in total. The maximum atomic E-state index is 12.8. The lowest BCUT2D eigenvalue weighted by Crippen LogP contribution is -2.23. The fourth-order valence-electron chi connectivity index (χ4n) is 2.37. The van der Waals surface area contributed by atoms with Gasteiger partial charge >= 0.3 is 0 Å². The Hall–Kier alpha value is -2.92. The zero-order valence-electron chi connectivity index (χ0n) is 13.9. The van der Waals surface area contributed by atoms with Crippen molar-refractivity contribution in [1.82, 2.24) is 15.3 Å². The zero-order chi connectivity index (χ0) is 18.4. The second-order valence-electron chi connectivity index (χ2n) is 5.69. The molecule has 0 saturated heterocycles. The summed E-state index contributed by atoms with van der Waals surface area (Å²) in [4.78, 5) is 19.4. The smallest absolute Gasteiger partial charge is 0.244 e. The lowest BCUT2D eigenvalue weighted by molar-refractivity contribution is -0.116. The summed E-state index contributed by atoms with van der Waals surface area (Å²) in [6.45, 7) is 0.481. The molecule has 4 nitrogen and oxygen atoms in total. The van der Waals surface area contributed by atoms with Gasteiger partial charge in [-0.2, -0.15) is 0 Å². The molecule has 1 heterocycles. The van der Waals surface area contributed by atoms with Crippen LogP contribution in [0.3, 0.4) is 0 Å². The van der Waals surface area contributed by atoms with Gasteiger partial charge in [0.15, 0.2) is 0 Å². The molecule has 26 heavy (non-hydrogen) atoms. The fraction of sp³-hybridized carbons (Fsp3) is 0.100. The van der Waals surface area contributed by atoms with E-state index in [1.165, 1.54) is 18.2 Å². The van der Waals surface area contributed by atoms with Crippen molar-refractivity contribution < 1.29 is 9.18 Å². The minimum absolute atomic E-state index is 0.202. The maximum absolute atomic E-state index is 12.8. The number of halogens is 2. The van der Waals surface area contributed by atoms with Gasteiger partial charge in [-0.25, -0.2) is 9.37 Å². The van der Waals surface area contributed by atoms with Crippen LogP contribution in [0.1, 0.15) is 11.3 Å². The molecule has 0 bridgehead atoms. The van der Waals surface area contributed by atoms with E-state index in [4.69, 9.17) is 11.6 Å². The average Bonchev–Trinajstić information content (AvgIpc) is 3.11. The Morgan fingerprint density at radius 1 is 1.15 bits per heavy atom. The molecule has 3 aromatic rings. The second kappa shape index (κ2) is 8.45. The first kappa shape index (κ1) is 17.9. The molecule has 0 aliphatic carbocycles. The van der Waals surface area contributed by atoms with Crippen molar-refractivity contribution >= 4 is 23.6 Å². The van der Waals surface area contributed by atoms with E-state index in [2.05, 4.69) is 15.3 Å². The average molecular weight is 370 g/mol. The zero-order valence-corrected chi connectivity index (χ0v) is 14.6. The first-order valence-electron chi connectivity index (χ1n) is 8.11. The highest BCUT2D eigenvalue weighted by atomic mass is 35.5. The molecule has 0 atom stereocenters. The summed E-state index contributed by atoms with van der Waals surface area (Å²) in [6.07, 6.45) is 5.46. The highest BCUT2D eigenvalue weighted by molar-refractivity contribution is 6.30. The summed E-state index contributed by atoms with van der Waals surface area (Å²) >= 11 is 5.88. The highest BCUT2D eigenvalue weighted by Crippen LogP contribution is 2.18. The molecular weight excluding hydrogens is 353 g/mol. The van der Waals surface area contributed by atoms with Gasteiger partial charge in [0, 0.05) is 41.5 Å². The molecular formula is C20H17ClFN3O. The standard InChI is InChI=1S/C20H17ClFN3O/c21-16-6-4-15(5-7-16)20-24-13-18(25-20)11-12-23-19(26)10-3-14-1-8-17(22)9-2-14/h1-10,13H,11-12H2,(H,23,26)(H,24,25)/b10-3+. The van der Waals surface area contributed by atoms with Crippen LogP contribution < -0.4 is 5.32 Å². The molecule has 0 spiro atoms. The van der Waals surface area contributed by atoms with Crippen molar-refractivity contribution in [3.8, 4) is 11.4 Å². The number of H-pyrrole nitrogens is 1. The van der Waals surface area contributed by atoms with Gasteiger partial charge in [-0.3, -0.25) is 4.79 Å². The molecule has 1 aromatic heterocycles. The Kier molecular flexibility index (Phi) is 5.81. The third-order valence-electron chi connectivity index (χ3n) is 3.74. The minimum atomic E-state index is -0.302. The lowest BCUT2D eigenvalue weighted by Gasteiger charge is -2.01. The number of carbonyl (C=O) groups excluding carboxylic acids is 1. The highest BCUT2D eigenvalue weighted by Gasteiger charge is 2.04. The van der Waals surface area contributed by atoms with Gasteiger partial charge in [0.1, 0.15) is 11.6 Å². The molecule has 2 aromatic carbocycles. The number of amides is 1. The van der Waals surface area contributed by atoms with Gasteiger partial charge < -0.3 is 10.3 Å². The van der Waals surface area contributed by atoms with E-state index in [1.807, 2.05) is 24.3 Å². The van der Waals surface area contributed by atoms with Crippen LogP contribution in [0.5, 0.6) is 0 Å². The van der Waals surface area contributed by atoms with Crippen LogP contribution in [0.4, 0.5) is 4.39 Å². The summed E-state index contributed by atoms with van der Waals surface area (Å²) in [5.41, 5.74) is 2.65. The Labute approximate surface area is 155 Å². The first-order chi connectivity index (χ1) is 12.6. The number of rotatable bonds is 6. The predicted molar refractivity (Wildman–Crippen MR) is 101 cm³/mol. The molecule has 6 heteroatoms. The molecule has 0 saturated carbocycles. The largest absolute Gasteiger partial charge is 0.352 e. The Bertz CT molecular complexity index is 902. The van der Waals surface area contributed by atoms with Crippen molar-refractivity contribution in [2.24, 2.45) is 0 Å². The summed E-state index contributed by atoms with van der Waals surface area (Å²) in [5.74, 6) is 0.259. The van der Waals surface area contributed by atoms with Gasteiger partial charge in [0.05, 0.1) is 0 Å². The van der Waals surface area contributed by atoms with Crippen LogP contribution in [-0.2, 0) is 11.2 Å². The number of carbonyl (C=O) groups is 1. The number of aromatic nitrogens is 2. The van der Waals surface area contributed by atoms with Crippen LogP contribution >= 0.6 is 11.6 Å². The lowest BCUT2D eigenvalue weighted by atomic mass is 10.2.